The molecule has 0 spiro atoms. The molecule has 2 rings (SSSR count). The average Bonchev–Trinajstić information content (AvgIpc) is 2.39. The molecule has 0 atom stereocenters. The van der Waals surface area contributed by atoms with Gasteiger partial charge in [-0.25, -0.2) is 0 Å². The molecule has 2 nitrogen and oxygen atoms in total. The summed E-state index contributed by atoms with van der Waals surface area (Å²) in [6.07, 6.45) is 0. The van der Waals surface area contributed by atoms with Crippen LogP contribution in [0.3, 0.4) is 0 Å². The van der Waals surface area contributed by atoms with Crippen molar-refractivity contribution in [1.29, 1.82) is 0 Å². The zero-order chi connectivity index (χ0) is 11.4. The predicted octanol–water partition coefficient (Wildman–Crippen LogP) is 3.17. The Morgan fingerprint density at radius 2 is 1.69 bits per heavy atom. The van der Waals surface area contributed by atoms with E-state index in [0.29, 0.717) is 0 Å². The van der Waals surface area contributed by atoms with E-state index in [4.69, 9.17) is 9.47 Å². The Labute approximate surface area is 95.4 Å². The van der Waals surface area contributed by atoms with Crippen molar-refractivity contribution >= 4 is 0 Å². The first-order valence-electron chi connectivity index (χ1n) is 5.03. The molecule has 0 fully saturated rings. The molecule has 0 aliphatic rings. The summed E-state index contributed by atoms with van der Waals surface area (Å²) >= 11 is 0. The van der Waals surface area contributed by atoms with Gasteiger partial charge in [-0.15, -0.1) is 0 Å². The second-order valence-electron chi connectivity index (χ2n) is 3.35. The maximum absolute atomic E-state index is 5.29. The molecule has 0 saturated carbocycles. The van der Waals surface area contributed by atoms with Crippen LogP contribution in [0, 0.1) is 6.07 Å². The lowest BCUT2D eigenvalue weighted by atomic mass is 10.0. The van der Waals surface area contributed by atoms with Crippen molar-refractivity contribution in [2.45, 2.75) is 0 Å². The molecule has 16 heavy (non-hydrogen) atoms. The van der Waals surface area contributed by atoms with Gasteiger partial charge in [-0.1, -0.05) is 24.3 Å². The van der Waals surface area contributed by atoms with Gasteiger partial charge in [-0.3, -0.25) is 0 Å². The third-order valence-electron chi connectivity index (χ3n) is 2.45. The smallest absolute Gasteiger partial charge is 0.127 e. The first-order chi connectivity index (χ1) is 7.85. The first-order valence-corrected chi connectivity index (χ1v) is 5.03. The Balaban J connectivity index is 2.42. The molecular formula is C14H13O2. The Morgan fingerprint density at radius 1 is 0.938 bits per heavy atom. The second-order valence-corrected chi connectivity index (χ2v) is 3.35. The van der Waals surface area contributed by atoms with Gasteiger partial charge in [0.1, 0.15) is 11.5 Å². The Bertz CT molecular complexity index is 460. The van der Waals surface area contributed by atoms with E-state index in [1.807, 2.05) is 42.5 Å². The van der Waals surface area contributed by atoms with E-state index in [-0.39, 0.29) is 0 Å². The molecule has 1 radical (unpaired) electrons. The van der Waals surface area contributed by atoms with Crippen molar-refractivity contribution in [3.63, 3.8) is 0 Å². The fraction of sp³-hybridized carbons (Fsp3) is 0.143. The summed E-state index contributed by atoms with van der Waals surface area (Å²) < 4.78 is 10.4. The van der Waals surface area contributed by atoms with Gasteiger partial charge >= 0.3 is 0 Å². The molecule has 2 aromatic rings. The number of hydrogen-bond acceptors (Lipinski definition) is 2. The van der Waals surface area contributed by atoms with E-state index in [1.165, 1.54) is 0 Å². The summed E-state index contributed by atoms with van der Waals surface area (Å²) in [6, 6.07) is 16.6. The lowest BCUT2D eigenvalue weighted by Gasteiger charge is -2.08. The third kappa shape index (κ3) is 2.01. The molecule has 0 unspecified atom stereocenters. The zero-order valence-electron chi connectivity index (χ0n) is 9.36. The van der Waals surface area contributed by atoms with Crippen molar-refractivity contribution in [2.75, 3.05) is 14.2 Å². The van der Waals surface area contributed by atoms with E-state index < -0.39 is 0 Å². The van der Waals surface area contributed by atoms with Gasteiger partial charge in [-0.05, 0) is 29.8 Å². The molecule has 0 heterocycles. The number of benzene rings is 2. The summed E-state index contributed by atoms with van der Waals surface area (Å²) in [6.45, 7) is 0. The maximum atomic E-state index is 5.29. The summed E-state index contributed by atoms with van der Waals surface area (Å²) in [5.74, 6) is 1.68. The Kier molecular flexibility index (Phi) is 3.10. The van der Waals surface area contributed by atoms with Crippen LogP contribution in [0.1, 0.15) is 0 Å². The number of methoxy groups -OCH3 is 2. The summed E-state index contributed by atoms with van der Waals surface area (Å²) in [5.41, 5.74) is 2.16. The van der Waals surface area contributed by atoms with Gasteiger partial charge < -0.3 is 9.47 Å². The molecule has 0 amide bonds. The van der Waals surface area contributed by atoms with Gasteiger partial charge in [0.2, 0.25) is 0 Å². The number of rotatable bonds is 3. The van der Waals surface area contributed by atoms with Crippen molar-refractivity contribution < 1.29 is 9.47 Å². The van der Waals surface area contributed by atoms with Gasteiger partial charge in [0.05, 0.1) is 14.2 Å². The lowest BCUT2D eigenvalue weighted by Crippen LogP contribution is -1.88. The molecule has 2 heteroatoms. The first kappa shape index (κ1) is 10.6. The van der Waals surface area contributed by atoms with Crippen molar-refractivity contribution in [1.82, 2.24) is 0 Å². The number of ether oxygens (including phenoxy) is 2. The normalized spacial score (nSPS) is 9.88. The van der Waals surface area contributed by atoms with Crippen LogP contribution in [-0.4, -0.2) is 14.2 Å². The largest absolute Gasteiger partial charge is 0.497 e. The van der Waals surface area contributed by atoms with E-state index in [0.717, 1.165) is 22.6 Å². The van der Waals surface area contributed by atoms with Gasteiger partial charge in [0.15, 0.2) is 0 Å². The van der Waals surface area contributed by atoms with Crippen LogP contribution in [0.2, 0.25) is 0 Å². The van der Waals surface area contributed by atoms with Gasteiger partial charge in [0, 0.05) is 5.56 Å². The van der Waals surface area contributed by atoms with E-state index in [9.17, 15) is 0 Å². The van der Waals surface area contributed by atoms with E-state index in [1.54, 1.807) is 14.2 Å². The van der Waals surface area contributed by atoms with Crippen LogP contribution >= 0.6 is 0 Å². The average molecular weight is 213 g/mol. The molecule has 2 aromatic carbocycles. The minimum Gasteiger partial charge on any atom is -0.497 e. The highest BCUT2D eigenvalue weighted by Gasteiger charge is 2.04. The lowest BCUT2D eigenvalue weighted by molar-refractivity contribution is 0.414. The zero-order valence-corrected chi connectivity index (χ0v) is 9.36. The van der Waals surface area contributed by atoms with Crippen LogP contribution in [-0.2, 0) is 0 Å². The topological polar surface area (TPSA) is 18.5 Å². The van der Waals surface area contributed by atoms with Crippen molar-refractivity contribution in [3.05, 3.63) is 48.5 Å². The van der Waals surface area contributed by atoms with Gasteiger partial charge in [-0.2, -0.15) is 0 Å². The molecular weight excluding hydrogens is 200 g/mol. The van der Waals surface area contributed by atoms with Crippen LogP contribution in [0.25, 0.3) is 11.1 Å². The molecule has 0 saturated heterocycles. The third-order valence-corrected chi connectivity index (χ3v) is 2.45. The second kappa shape index (κ2) is 4.71. The molecule has 81 valence electrons. The van der Waals surface area contributed by atoms with E-state index >= 15 is 0 Å². The van der Waals surface area contributed by atoms with Crippen molar-refractivity contribution in [2.24, 2.45) is 0 Å². The highest BCUT2D eigenvalue weighted by Crippen LogP contribution is 2.30. The molecule has 0 aliphatic carbocycles. The maximum Gasteiger partial charge on any atom is 0.127 e. The van der Waals surface area contributed by atoms with Crippen molar-refractivity contribution in [3.8, 4) is 22.6 Å². The van der Waals surface area contributed by atoms with Crippen LogP contribution in [0.4, 0.5) is 0 Å². The SMILES string of the molecule is COc1ccc(-c2cc[c]cc2OC)cc1. The summed E-state index contributed by atoms with van der Waals surface area (Å²) in [5, 5.41) is 0. The van der Waals surface area contributed by atoms with Crippen LogP contribution in [0.5, 0.6) is 11.5 Å². The summed E-state index contributed by atoms with van der Waals surface area (Å²) in [4.78, 5) is 0. The summed E-state index contributed by atoms with van der Waals surface area (Å²) in [7, 11) is 3.32. The monoisotopic (exact) mass is 213 g/mol. The fourth-order valence-corrected chi connectivity index (χ4v) is 1.59. The minimum atomic E-state index is 0.827. The molecule has 0 aromatic heterocycles. The quantitative estimate of drug-likeness (QED) is 0.779. The standard InChI is InChI=1S/C14H13O2/c1-15-12-9-7-11(8-10-12)13-5-3-4-6-14(13)16-2/h3,5-10H,1-2H3. The number of hydrogen-bond donors (Lipinski definition) is 0. The Hall–Kier alpha value is -1.96. The molecule has 0 N–H and O–H groups in total. The minimum absolute atomic E-state index is 0.827. The predicted molar refractivity (Wildman–Crippen MR) is 63.8 cm³/mol. The molecule has 0 aliphatic heterocycles. The Morgan fingerprint density at radius 3 is 2.31 bits per heavy atom. The van der Waals surface area contributed by atoms with E-state index in [2.05, 4.69) is 6.07 Å². The van der Waals surface area contributed by atoms with Crippen LogP contribution in [0.15, 0.2) is 42.5 Å². The van der Waals surface area contributed by atoms with Crippen LogP contribution < -0.4 is 9.47 Å². The molecule has 0 bridgehead atoms. The highest BCUT2D eigenvalue weighted by atomic mass is 16.5. The fourth-order valence-electron chi connectivity index (χ4n) is 1.59. The highest BCUT2D eigenvalue weighted by molar-refractivity contribution is 5.70. The van der Waals surface area contributed by atoms with Gasteiger partial charge in [0.25, 0.3) is 0 Å².